The third-order valence-electron chi connectivity index (χ3n) is 5.30. The van der Waals surface area contributed by atoms with E-state index in [2.05, 4.69) is 51.7 Å². The molecule has 168 valence electrons. The fraction of sp³-hybridized carbons (Fsp3) is 0.435. The van der Waals surface area contributed by atoms with Crippen LogP contribution in [0.25, 0.3) is 0 Å². The molecule has 0 saturated carbocycles. The number of benzene rings is 2. The minimum Gasteiger partial charge on any atom is -0.454 e. The Balaban J connectivity index is 0.00000272. The molecule has 0 spiro atoms. The Morgan fingerprint density at radius 1 is 1.03 bits per heavy atom. The van der Waals surface area contributed by atoms with E-state index in [1.165, 1.54) is 11.1 Å². The van der Waals surface area contributed by atoms with E-state index in [0.29, 0.717) is 26.0 Å². The molecule has 4 rings (SSSR count). The lowest BCUT2D eigenvalue weighted by Crippen LogP contribution is -2.40. The second-order valence-corrected chi connectivity index (χ2v) is 7.70. The average molecular weight is 538 g/mol. The molecule has 0 aliphatic carbocycles. The molecule has 0 radical (unpaired) electrons. The van der Waals surface area contributed by atoms with Crippen LogP contribution >= 0.6 is 24.0 Å². The van der Waals surface area contributed by atoms with Gasteiger partial charge in [-0.1, -0.05) is 30.3 Å². The maximum atomic E-state index is 5.64. The number of aliphatic imine (C=N–C) groups is 1. The van der Waals surface area contributed by atoms with Crippen molar-refractivity contribution in [1.82, 2.24) is 15.5 Å². The molecular formula is C23H31IN4O3. The van der Waals surface area contributed by atoms with E-state index < -0.39 is 0 Å². The fourth-order valence-electron chi connectivity index (χ4n) is 3.77. The molecule has 2 aliphatic rings. The normalized spacial score (nSPS) is 18.4. The van der Waals surface area contributed by atoms with Crippen molar-refractivity contribution in [3.05, 3.63) is 59.2 Å². The molecule has 1 unspecified atom stereocenters. The molecule has 0 amide bonds. The summed E-state index contributed by atoms with van der Waals surface area (Å²) in [6.07, 6.45) is 0.308. The molecule has 1 atom stereocenters. The highest BCUT2D eigenvalue weighted by molar-refractivity contribution is 14.0. The quantitative estimate of drug-likeness (QED) is 0.335. The molecule has 2 heterocycles. The first-order valence-electron chi connectivity index (χ1n) is 10.4. The molecule has 2 N–H and O–H groups in total. The van der Waals surface area contributed by atoms with Crippen molar-refractivity contribution in [3.63, 3.8) is 0 Å². The minimum absolute atomic E-state index is 0. The molecule has 2 aromatic carbocycles. The molecular weight excluding hydrogens is 507 g/mol. The summed E-state index contributed by atoms with van der Waals surface area (Å²) in [5.74, 6) is 2.36. The largest absolute Gasteiger partial charge is 0.454 e. The molecule has 0 aromatic heterocycles. The van der Waals surface area contributed by atoms with Gasteiger partial charge < -0.3 is 24.8 Å². The highest BCUT2D eigenvalue weighted by Crippen LogP contribution is 2.32. The number of halogens is 1. The van der Waals surface area contributed by atoms with Gasteiger partial charge in [0.2, 0.25) is 6.79 Å². The number of guanidine groups is 1. The van der Waals surface area contributed by atoms with Crippen LogP contribution in [0.3, 0.4) is 0 Å². The number of ether oxygens (including phenoxy) is 3. The van der Waals surface area contributed by atoms with E-state index in [1.807, 2.05) is 18.2 Å². The van der Waals surface area contributed by atoms with Gasteiger partial charge in [0.15, 0.2) is 17.5 Å². The summed E-state index contributed by atoms with van der Waals surface area (Å²) in [6, 6.07) is 14.7. The Morgan fingerprint density at radius 2 is 1.77 bits per heavy atom. The van der Waals surface area contributed by atoms with Gasteiger partial charge in [0, 0.05) is 39.8 Å². The lowest BCUT2D eigenvalue weighted by atomic mass is 10.1. The Morgan fingerprint density at radius 3 is 2.55 bits per heavy atom. The van der Waals surface area contributed by atoms with Gasteiger partial charge in [-0.25, -0.2) is 0 Å². The van der Waals surface area contributed by atoms with Crippen LogP contribution in [0.15, 0.2) is 47.5 Å². The van der Waals surface area contributed by atoms with Gasteiger partial charge in [-0.15, -0.1) is 24.0 Å². The second-order valence-electron chi connectivity index (χ2n) is 7.70. The topological polar surface area (TPSA) is 67.4 Å². The van der Waals surface area contributed by atoms with Crippen molar-refractivity contribution >= 4 is 29.9 Å². The van der Waals surface area contributed by atoms with Crippen LogP contribution < -0.4 is 20.1 Å². The first kappa shape index (κ1) is 23.6. The summed E-state index contributed by atoms with van der Waals surface area (Å²) in [4.78, 5) is 6.78. The van der Waals surface area contributed by atoms with Crippen LogP contribution in [0.1, 0.15) is 23.6 Å². The van der Waals surface area contributed by atoms with Crippen molar-refractivity contribution < 1.29 is 14.2 Å². The zero-order chi connectivity index (χ0) is 20.8. The lowest BCUT2D eigenvalue weighted by molar-refractivity contribution is -0.0212. The van der Waals surface area contributed by atoms with E-state index >= 15 is 0 Å². The predicted octanol–water partition coefficient (Wildman–Crippen LogP) is 3.12. The molecule has 31 heavy (non-hydrogen) atoms. The Kier molecular flexibility index (Phi) is 8.79. The third-order valence-corrected chi connectivity index (χ3v) is 5.30. The third kappa shape index (κ3) is 6.72. The van der Waals surface area contributed by atoms with Gasteiger partial charge in [-0.3, -0.25) is 9.89 Å². The lowest BCUT2D eigenvalue weighted by Gasteiger charge is -2.31. The number of hydrogen-bond acceptors (Lipinski definition) is 5. The summed E-state index contributed by atoms with van der Waals surface area (Å²) >= 11 is 0. The monoisotopic (exact) mass is 538 g/mol. The molecule has 2 aromatic rings. The molecule has 0 bridgehead atoms. The van der Waals surface area contributed by atoms with Gasteiger partial charge in [0.05, 0.1) is 12.7 Å². The van der Waals surface area contributed by atoms with Gasteiger partial charge >= 0.3 is 0 Å². The number of nitrogens with zero attached hydrogens (tertiary/aromatic N) is 2. The van der Waals surface area contributed by atoms with Crippen molar-refractivity contribution in [1.29, 1.82) is 0 Å². The highest BCUT2D eigenvalue weighted by atomic mass is 127. The van der Waals surface area contributed by atoms with Crippen LogP contribution in [-0.2, 0) is 24.4 Å². The SMILES string of the molecule is CN=C(NCc1cccc(CN2CCOC(C)C2)c1)NCc1ccc2c(c1)OCO2.I. The smallest absolute Gasteiger partial charge is 0.231 e. The summed E-state index contributed by atoms with van der Waals surface area (Å²) < 4.78 is 16.4. The molecule has 2 aliphatic heterocycles. The van der Waals surface area contributed by atoms with Gasteiger partial charge in [0.1, 0.15) is 0 Å². The van der Waals surface area contributed by atoms with Gasteiger partial charge in [0.25, 0.3) is 0 Å². The summed E-state index contributed by atoms with van der Waals surface area (Å²) in [7, 11) is 1.78. The Hall–Kier alpha value is -2.04. The average Bonchev–Trinajstić information content (AvgIpc) is 3.22. The highest BCUT2D eigenvalue weighted by Gasteiger charge is 2.16. The van der Waals surface area contributed by atoms with Crippen molar-refractivity contribution in [2.45, 2.75) is 32.7 Å². The van der Waals surface area contributed by atoms with Crippen molar-refractivity contribution in [2.75, 3.05) is 33.5 Å². The minimum atomic E-state index is 0. The van der Waals surface area contributed by atoms with Gasteiger partial charge in [-0.05, 0) is 35.7 Å². The Labute approximate surface area is 201 Å². The predicted molar refractivity (Wildman–Crippen MR) is 132 cm³/mol. The molecule has 1 saturated heterocycles. The van der Waals surface area contributed by atoms with E-state index in [9.17, 15) is 0 Å². The van der Waals surface area contributed by atoms with E-state index in [0.717, 1.165) is 49.3 Å². The van der Waals surface area contributed by atoms with Crippen LogP contribution in [0.2, 0.25) is 0 Å². The number of fused-ring (bicyclic) bond motifs is 1. The maximum absolute atomic E-state index is 5.64. The van der Waals surface area contributed by atoms with E-state index in [-0.39, 0.29) is 24.0 Å². The summed E-state index contributed by atoms with van der Waals surface area (Å²) in [6.45, 7) is 7.54. The van der Waals surface area contributed by atoms with Crippen LogP contribution in [0, 0.1) is 0 Å². The zero-order valence-corrected chi connectivity index (χ0v) is 20.4. The van der Waals surface area contributed by atoms with Crippen LogP contribution in [0.5, 0.6) is 11.5 Å². The summed E-state index contributed by atoms with van der Waals surface area (Å²) in [5.41, 5.74) is 3.68. The number of hydrogen-bond donors (Lipinski definition) is 2. The van der Waals surface area contributed by atoms with Crippen LogP contribution in [-0.4, -0.2) is 50.5 Å². The standard InChI is InChI=1S/C23H30N4O3.HI/c1-17-14-27(8-9-28-17)15-20-5-3-4-18(10-20)12-25-23(24-2)26-13-19-6-7-21-22(11-19)30-16-29-21;/h3-7,10-11,17H,8-9,12-16H2,1-2H3,(H2,24,25,26);1H. The van der Waals surface area contributed by atoms with Gasteiger partial charge in [-0.2, -0.15) is 0 Å². The molecule has 1 fully saturated rings. The van der Waals surface area contributed by atoms with Crippen LogP contribution in [0.4, 0.5) is 0 Å². The number of morpholine rings is 1. The number of nitrogens with one attached hydrogen (secondary N) is 2. The second kappa shape index (κ2) is 11.5. The maximum Gasteiger partial charge on any atom is 0.231 e. The number of rotatable bonds is 6. The molecule has 8 heteroatoms. The molecule has 7 nitrogen and oxygen atoms in total. The first-order valence-corrected chi connectivity index (χ1v) is 10.4. The zero-order valence-electron chi connectivity index (χ0n) is 18.1. The van der Waals surface area contributed by atoms with E-state index in [1.54, 1.807) is 7.05 Å². The first-order chi connectivity index (χ1) is 14.7. The Bertz CT molecular complexity index is 893. The van der Waals surface area contributed by atoms with Crippen molar-refractivity contribution in [3.8, 4) is 11.5 Å². The fourth-order valence-corrected chi connectivity index (χ4v) is 3.77. The van der Waals surface area contributed by atoms with E-state index in [4.69, 9.17) is 14.2 Å². The van der Waals surface area contributed by atoms with Crippen molar-refractivity contribution in [2.24, 2.45) is 4.99 Å². The summed E-state index contributed by atoms with van der Waals surface area (Å²) in [5, 5.41) is 6.75.